The van der Waals surface area contributed by atoms with Gasteiger partial charge in [-0.05, 0) is 39.2 Å². The average Bonchev–Trinajstić information content (AvgIpc) is 3.08. The summed E-state index contributed by atoms with van der Waals surface area (Å²) in [6, 6.07) is 1.59. The van der Waals surface area contributed by atoms with Crippen molar-refractivity contribution in [2.45, 2.75) is 50.7 Å². The van der Waals surface area contributed by atoms with E-state index in [1.807, 2.05) is 0 Å². The van der Waals surface area contributed by atoms with E-state index in [9.17, 15) is 18.3 Å². The van der Waals surface area contributed by atoms with Crippen LogP contribution in [0.2, 0.25) is 0 Å². The van der Waals surface area contributed by atoms with Crippen LogP contribution in [-0.4, -0.2) is 52.9 Å². The molecular formula is C15H23N3O4S. The molecule has 128 valence electrons. The molecule has 2 N–H and O–H groups in total. The van der Waals surface area contributed by atoms with Gasteiger partial charge in [-0.2, -0.15) is 5.10 Å². The van der Waals surface area contributed by atoms with Crippen LogP contribution in [0.1, 0.15) is 61.3 Å². The van der Waals surface area contributed by atoms with Crippen molar-refractivity contribution in [1.82, 2.24) is 15.1 Å². The number of rotatable bonds is 5. The highest BCUT2D eigenvalue weighted by Crippen LogP contribution is 2.42. The molecule has 0 spiro atoms. The molecule has 1 amide bonds. The zero-order valence-corrected chi connectivity index (χ0v) is 14.3. The van der Waals surface area contributed by atoms with Crippen molar-refractivity contribution in [3.8, 4) is 0 Å². The van der Waals surface area contributed by atoms with Crippen LogP contribution in [0, 0.1) is 0 Å². The SMILES string of the molecule is CC(C)(O)CNC(=O)c1cc(C2CC2)n(C2CCS(=O)(=O)C2)n1. The molecule has 1 aromatic heterocycles. The molecule has 1 atom stereocenters. The van der Waals surface area contributed by atoms with Crippen molar-refractivity contribution in [2.75, 3.05) is 18.1 Å². The summed E-state index contributed by atoms with van der Waals surface area (Å²) in [7, 11) is -3.00. The Bertz CT molecular complexity index is 714. The minimum absolute atomic E-state index is 0.0964. The number of hydrogen-bond acceptors (Lipinski definition) is 5. The number of carbonyl (C=O) groups is 1. The zero-order chi connectivity index (χ0) is 16.8. The Morgan fingerprint density at radius 1 is 1.43 bits per heavy atom. The second-order valence-electron chi connectivity index (χ2n) is 7.23. The van der Waals surface area contributed by atoms with Gasteiger partial charge in [0.25, 0.3) is 5.91 Å². The van der Waals surface area contributed by atoms with E-state index >= 15 is 0 Å². The summed E-state index contributed by atoms with van der Waals surface area (Å²) >= 11 is 0. The molecule has 8 heteroatoms. The van der Waals surface area contributed by atoms with Crippen molar-refractivity contribution in [2.24, 2.45) is 0 Å². The fourth-order valence-corrected chi connectivity index (χ4v) is 4.54. The number of aliphatic hydroxyl groups is 1. The Kier molecular flexibility index (Phi) is 4.00. The Morgan fingerprint density at radius 2 is 2.13 bits per heavy atom. The highest BCUT2D eigenvalue weighted by atomic mass is 32.2. The minimum atomic E-state index is -3.00. The molecule has 3 rings (SSSR count). The quantitative estimate of drug-likeness (QED) is 0.817. The van der Waals surface area contributed by atoms with Gasteiger partial charge >= 0.3 is 0 Å². The first-order valence-corrected chi connectivity index (χ1v) is 9.77. The molecule has 2 aliphatic rings. The van der Waals surface area contributed by atoms with Gasteiger partial charge in [0.2, 0.25) is 0 Å². The van der Waals surface area contributed by atoms with Crippen LogP contribution in [0.25, 0.3) is 0 Å². The maximum Gasteiger partial charge on any atom is 0.271 e. The Hall–Kier alpha value is -1.41. The summed E-state index contributed by atoms with van der Waals surface area (Å²) in [6.45, 7) is 3.37. The van der Waals surface area contributed by atoms with E-state index in [4.69, 9.17) is 0 Å². The number of nitrogens with one attached hydrogen (secondary N) is 1. The number of aromatic nitrogens is 2. The van der Waals surface area contributed by atoms with E-state index in [1.54, 1.807) is 24.6 Å². The largest absolute Gasteiger partial charge is 0.389 e. The first-order valence-electron chi connectivity index (χ1n) is 7.95. The van der Waals surface area contributed by atoms with E-state index in [0.717, 1.165) is 18.5 Å². The third-order valence-electron chi connectivity index (χ3n) is 4.23. The van der Waals surface area contributed by atoms with Crippen molar-refractivity contribution in [3.05, 3.63) is 17.5 Å². The Morgan fingerprint density at radius 3 is 2.65 bits per heavy atom. The van der Waals surface area contributed by atoms with Crippen molar-refractivity contribution >= 4 is 15.7 Å². The van der Waals surface area contributed by atoms with Gasteiger partial charge in [0.1, 0.15) is 5.69 Å². The molecule has 2 heterocycles. The molecule has 0 radical (unpaired) electrons. The average molecular weight is 341 g/mol. The van der Waals surface area contributed by atoms with E-state index in [0.29, 0.717) is 18.0 Å². The molecule has 0 aromatic carbocycles. The summed E-state index contributed by atoms with van der Waals surface area (Å²) in [5.74, 6) is 0.316. The molecule has 23 heavy (non-hydrogen) atoms. The van der Waals surface area contributed by atoms with Crippen LogP contribution < -0.4 is 5.32 Å². The lowest BCUT2D eigenvalue weighted by Gasteiger charge is -2.17. The van der Waals surface area contributed by atoms with E-state index in [2.05, 4.69) is 10.4 Å². The van der Waals surface area contributed by atoms with Gasteiger partial charge in [-0.25, -0.2) is 8.42 Å². The standard InChI is InChI=1S/C15H23N3O4S/c1-15(2,20)9-16-14(19)12-7-13(10-3-4-10)18(17-12)11-5-6-23(21,22)8-11/h7,10-11,20H,3-6,8-9H2,1-2H3,(H,16,19). The van der Waals surface area contributed by atoms with Crippen LogP contribution in [-0.2, 0) is 9.84 Å². The topological polar surface area (TPSA) is 101 Å². The van der Waals surface area contributed by atoms with Gasteiger partial charge in [0.05, 0.1) is 23.1 Å². The zero-order valence-electron chi connectivity index (χ0n) is 13.4. The molecule has 1 unspecified atom stereocenters. The number of nitrogens with zero attached hydrogens (tertiary/aromatic N) is 2. The maximum atomic E-state index is 12.2. The number of amides is 1. The molecule has 1 saturated heterocycles. The second kappa shape index (κ2) is 5.59. The summed E-state index contributed by atoms with van der Waals surface area (Å²) in [6.07, 6.45) is 2.65. The summed E-state index contributed by atoms with van der Waals surface area (Å²) in [5, 5.41) is 16.7. The molecule has 0 bridgehead atoms. The maximum absolute atomic E-state index is 12.2. The summed E-state index contributed by atoms with van der Waals surface area (Å²) < 4.78 is 25.2. The van der Waals surface area contributed by atoms with Gasteiger partial charge in [0.15, 0.2) is 9.84 Å². The lowest BCUT2D eigenvalue weighted by molar-refractivity contribution is 0.0691. The highest BCUT2D eigenvalue weighted by Gasteiger charge is 2.36. The van der Waals surface area contributed by atoms with Gasteiger partial charge in [-0.15, -0.1) is 0 Å². The molecule has 1 aliphatic heterocycles. The monoisotopic (exact) mass is 341 g/mol. The van der Waals surface area contributed by atoms with Crippen molar-refractivity contribution < 1.29 is 18.3 Å². The van der Waals surface area contributed by atoms with Crippen LogP contribution in [0.15, 0.2) is 6.07 Å². The highest BCUT2D eigenvalue weighted by molar-refractivity contribution is 7.91. The van der Waals surface area contributed by atoms with Crippen LogP contribution in [0.3, 0.4) is 0 Å². The molecular weight excluding hydrogens is 318 g/mol. The first kappa shape index (κ1) is 16.4. The number of sulfone groups is 1. The lowest BCUT2D eigenvalue weighted by atomic mass is 10.1. The normalized spacial score (nSPS) is 23.9. The fourth-order valence-electron chi connectivity index (χ4n) is 2.85. The van der Waals surface area contributed by atoms with Gasteiger partial charge in [0, 0.05) is 18.2 Å². The molecule has 1 saturated carbocycles. The van der Waals surface area contributed by atoms with E-state index < -0.39 is 15.4 Å². The van der Waals surface area contributed by atoms with Gasteiger partial charge < -0.3 is 10.4 Å². The molecule has 7 nitrogen and oxygen atoms in total. The lowest BCUT2D eigenvalue weighted by Crippen LogP contribution is -2.38. The van der Waals surface area contributed by atoms with Crippen molar-refractivity contribution in [1.29, 1.82) is 0 Å². The van der Waals surface area contributed by atoms with Crippen LogP contribution in [0.5, 0.6) is 0 Å². The van der Waals surface area contributed by atoms with E-state index in [1.165, 1.54) is 0 Å². The van der Waals surface area contributed by atoms with Crippen molar-refractivity contribution in [3.63, 3.8) is 0 Å². The minimum Gasteiger partial charge on any atom is -0.389 e. The summed E-state index contributed by atoms with van der Waals surface area (Å²) in [5.41, 5.74) is 0.262. The third kappa shape index (κ3) is 3.92. The second-order valence-corrected chi connectivity index (χ2v) is 9.45. The fraction of sp³-hybridized carbons (Fsp3) is 0.733. The van der Waals surface area contributed by atoms with Gasteiger partial charge in [-0.1, -0.05) is 0 Å². The molecule has 1 aliphatic carbocycles. The van der Waals surface area contributed by atoms with Crippen LogP contribution >= 0.6 is 0 Å². The summed E-state index contributed by atoms with van der Waals surface area (Å²) in [4.78, 5) is 12.2. The number of carbonyl (C=O) groups excluding carboxylic acids is 1. The number of hydrogen-bond donors (Lipinski definition) is 2. The molecule has 1 aromatic rings. The van der Waals surface area contributed by atoms with Gasteiger partial charge in [-0.3, -0.25) is 9.48 Å². The predicted molar refractivity (Wildman–Crippen MR) is 85.1 cm³/mol. The van der Waals surface area contributed by atoms with Crippen LogP contribution in [0.4, 0.5) is 0 Å². The van der Waals surface area contributed by atoms with E-state index in [-0.39, 0.29) is 30.0 Å². The smallest absolute Gasteiger partial charge is 0.271 e. The third-order valence-corrected chi connectivity index (χ3v) is 5.98. The Balaban J connectivity index is 1.80. The predicted octanol–water partition coefficient (Wildman–Crippen LogP) is 0.621. The first-order chi connectivity index (χ1) is 10.6. The Labute approximate surface area is 136 Å². The molecule has 2 fully saturated rings.